The van der Waals surface area contributed by atoms with Crippen LogP contribution < -0.4 is 14.8 Å². The molecule has 0 aliphatic carbocycles. The van der Waals surface area contributed by atoms with Gasteiger partial charge in [0.2, 0.25) is 5.95 Å². The molecule has 6 nitrogen and oxygen atoms in total. The van der Waals surface area contributed by atoms with Gasteiger partial charge >= 0.3 is 0 Å². The first-order chi connectivity index (χ1) is 12.7. The van der Waals surface area contributed by atoms with Gasteiger partial charge in [0.15, 0.2) is 11.5 Å². The van der Waals surface area contributed by atoms with E-state index in [-0.39, 0.29) is 17.9 Å². The summed E-state index contributed by atoms with van der Waals surface area (Å²) in [5.41, 5.74) is 2.05. The highest BCUT2D eigenvalue weighted by Gasteiger charge is 2.30. The third kappa shape index (κ3) is 2.85. The van der Waals surface area contributed by atoms with Crippen molar-refractivity contribution in [3.63, 3.8) is 0 Å². The van der Waals surface area contributed by atoms with Crippen molar-refractivity contribution >= 4 is 5.95 Å². The Kier molecular flexibility index (Phi) is 4.20. The lowest BCUT2D eigenvalue weighted by Crippen LogP contribution is -2.28. The van der Waals surface area contributed by atoms with E-state index < -0.39 is 0 Å². The Bertz CT molecular complexity index is 910. The van der Waals surface area contributed by atoms with Gasteiger partial charge in [-0.1, -0.05) is 18.2 Å². The summed E-state index contributed by atoms with van der Waals surface area (Å²) < 4.78 is 25.9. The average Bonchev–Trinajstić information content (AvgIpc) is 3.16. The quantitative estimate of drug-likeness (QED) is 0.776. The van der Waals surface area contributed by atoms with Crippen LogP contribution in [0.25, 0.3) is 0 Å². The Morgan fingerprint density at radius 2 is 1.77 bits per heavy atom. The standard InChI is InChI=1S/C19H19FN4O2/c1-25-17-8-5-13(9-18(17)26-2)16-10-15(12-3-6-14(20)7-4-12)23-19-21-11-22-24(16)19/h3-9,11,15-16H,10H2,1-2H3,(H,21,22,23)/t15-,16-/m1/s1. The highest BCUT2D eigenvalue weighted by atomic mass is 19.1. The molecule has 2 heterocycles. The Balaban J connectivity index is 1.72. The number of hydrogen-bond acceptors (Lipinski definition) is 5. The summed E-state index contributed by atoms with van der Waals surface area (Å²) in [6.07, 6.45) is 2.28. The number of nitrogens with one attached hydrogen (secondary N) is 1. The third-order valence-corrected chi connectivity index (χ3v) is 4.70. The number of hydrogen-bond donors (Lipinski definition) is 1. The topological polar surface area (TPSA) is 61.2 Å². The minimum atomic E-state index is -0.246. The van der Waals surface area contributed by atoms with Crippen LogP contribution in [0.4, 0.5) is 10.3 Å². The van der Waals surface area contributed by atoms with Gasteiger partial charge in [0.05, 0.1) is 26.3 Å². The number of rotatable bonds is 4. The predicted octanol–water partition coefficient (Wildman–Crippen LogP) is 3.58. The Morgan fingerprint density at radius 3 is 2.50 bits per heavy atom. The van der Waals surface area contributed by atoms with Crippen molar-refractivity contribution in [2.24, 2.45) is 0 Å². The van der Waals surface area contributed by atoms with Crippen LogP contribution in [0.2, 0.25) is 0 Å². The number of methoxy groups -OCH3 is 2. The lowest BCUT2D eigenvalue weighted by Gasteiger charge is -2.32. The van der Waals surface area contributed by atoms with E-state index in [2.05, 4.69) is 15.4 Å². The fourth-order valence-electron chi connectivity index (χ4n) is 3.37. The smallest absolute Gasteiger partial charge is 0.222 e. The molecule has 0 saturated heterocycles. The molecule has 2 aromatic carbocycles. The van der Waals surface area contributed by atoms with Gasteiger partial charge in [0.1, 0.15) is 12.1 Å². The maximum Gasteiger partial charge on any atom is 0.222 e. The molecular formula is C19H19FN4O2. The van der Waals surface area contributed by atoms with E-state index >= 15 is 0 Å². The molecule has 0 spiro atoms. The second-order valence-electron chi connectivity index (χ2n) is 6.14. The summed E-state index contributed by atoms with van der Waals surface area (Å²) in [7, 11) is 3.23. The number of fused-ring (bicyclic) bond motifs is 1. The van der Waals surface area contributed by atoms with Crippen molar-refractivity contribution in [2.45, 2.75) is 18.5 Å². The molecule has 0 radical (unpaired) electrons. The van der Waals surface area contributed by atoms with E-state index in [0.717, 1.165) is 17.5 Å². The molecule has 1 aliphatic heterocycles. The van der Waals surface area contributed by atoms with Gasteiger partial charge in [-0.3, -0.25) is 0 Å². The van der Waals surface area contributed by atoms with E-state index in [4.69, 9.17) is 9.47 Å². The van der Waals surface area contributed by atoms with Crippen LogP contribution in [0.15, 0.2) is 48.8 Å². The molecule has 2 atom stereocenters. The summed E-state index contributed by atoms with van der Waals surface area (Å²) in [6, 6.07) is 12.4. The van der Waals surface area contributed by atoms with Crippen LogP contribution in [0, 0.1) is 5.82 Å². The van der Waals surface area contributed by atoms with Gasteiger partial charge in [-0.15, -0.1) is 0 Å². The van der Waals surface area contributed by atoms with Crippen LogP contribution in [0.1, 0.15) is 29.6 Å². The molecule has 0 fully saturated rings. The van der Waals surface area contributed by atoms with Crippen molar-refractivity contribution in [3.05, 3.63) is 65.7 Å². The largest absolute Gasteiger partial charge is 0.493 e. The van der Waals surface area contributed by atoms with Crippen LogP contribution in [0.5, 0.6) is 11.5 Å². The highest BCUT2D eigenvalue weighted by molar-refractivity contribution is 5.46. The lowest BCUT2D eigenvalue weighted by molar-refractivity contribution is 0.352. The van der Waals surface area contributed by atoms with Gasteiger partial charge in [0, 0.05) is 0 Å². The summed E-state index contributed by atoms with van der Waals surface area (Å²) in [4.78, 5) is 4.31. The van der Waals surface area contributed by atoms with Crippen molar-refractivity contribution in [2.75, 3.05) is 19.5 Å². The van der Waals surface area contributed by atoms with Gasteiger partial charge in [-0.25, -0.2) is 9.07 Å². The lowest BCUT2D eigenvalue weighted by atomic mass is 9.93. The van der Waals surface area contributed by atoms with Crippen molar-refractivity contribution in [1.82, 2.24) is 14.8 Å². The van der Waals surface area contributed by atoms with Gasteiger partial charge in [-0.05, 0) is 41.8 Å². The summed E-state index contributed by atoms with van der Waals surface area (Å²) >= 11 is 0. The van der Waals surface area contributed by atoms with E-state index in [0.29, 0.717) is 17.4 Å². The van der Waals surface area contributed by atoms with E-state index in [1.165, 1.54) is 18.5 Å². The number of nitrogens with zero attached hydrogens (tertiary/aromatic N) is 3. The number of ether oxygens (including phenoxy) is 2. The zero-order valence-corrected chi connectivity index (χ0v) is 14.5. The van der Waals surface area contributed by atoms with Crippen LogP contribution in [-0.4, -0.2) is 29.0 Å². The molecule has 1 aromatic heterocycles. The first-order valence-corrected chi connectivity index (χ1v) is 8.33. The second kappa shape index (κ2) is 6.67. The maximum absolute atomic E-state index is 13.3. The molecule has 1 aliphatic rings. The zero-order chi connectivity index (χ0) is 18.1. The predicted molar refractivity (Wildman–Crippen MR) is 95.1 cm³/mol. The monoisotopic (exact) mass is 354 g/mol. The Hall–Kier alpha value is -3.09. The van der Waals surface area contributed by atoms with E-state index in [9.17, 15) is 4.39 Å². The average molecular weight is 354 g/mol. The summed E-state index contributed by atoms with van der Waals surface area (Å²) in [5.74, 6) is 1.79. The minimum Gasteiger partial charge on any atom is -0.493 e. The third-order valence-electron chi connectivity index (χ3n) is 4.70. The highest BCUT2D eigenvalue weighted by Crippen LogP contribution is 2.39. The SMILES string of the molecule is COc1ccc([C@H]2C[C@H](c3ccc(F)cc3)Nc3ncnn32)cc1OC. The van der Waals surface area contributed by atoms with E-state index in [1.54, 1.807) is 26.4 Å². The normalized spacial score (nSPS) is 18.7. The zero-order valence-electron chi connectivity index (χ0n) is 14.5. The molecule has 3 aromatic rings. The summed E-state index contributed by atoms with van der Waals surface area (Å²) in [5, 5.41) is 7.74. The summed E-state index contributed by atoms with van der Waals surface area (Å²) in [6.45, 7) is 0. The maximum atomic E-state index is 13.3. The second-order valence-corrected chi connectivity index (χ2v) is 6.14. The molecule has 0 amide bonds. The number of halogens is 1. The molecule has 0 unspecified atom stereocenters. The molecule has 4 rings (SSSR count). The molecule has 0 saturated carbocycles. The van der Waals surface area contributed by atoms with Crippen LogP contribution in [0.3, 0.4) is 0 Å². The first kappa shape index (κ1) is 16.4. The van der Waals surface area contributed by atoms with E-state index in [1.807, 2.05) is 22.9 Å². The molecule has 134 valence electrons. The first-order valence-electron chi connectivity index (χ1n) is 8.33. The Morgan fingerprint density at radius 1 is 1.04 bits per heavy atom. The van der Waals surface area contributed by atoms with Crippen molar-refractivity contribution in [1.29, 1.82) is 0 Å². The number of aromatic nitrogens is 3. The molecule has 0 bridgehead atoms. The molecular weight excluding hydrogens is 335 g/mol. The number of benzene rings is 2. The van der Waals surface area contributed by atoms with Gasteiger partial charge < -0.3 is 14.8 Å². The van der Waals surface area contributed by atoms with Crippen molar-refractivity contribution in [3.8, 4) is 11.5 Å². The van der Waals surface area contributed by atoms with Crippen LogP contribution >= 0.6 is 0 Å². The molecule has 1 N–H and O–H groups in total. The van der Waals surface area contributed by atoms with Crippen molar-refractivity contribution < 1.29 is 13.9 Å². The molecule has 7 heteroatoms. The van der Waals surface area contributed by atoms with Gasteiger partial charge in [-0.2, -0.15) is 10.1 Å². The number of anilines is 1. The Labute approximate surface area is 150 Å². The fourth-order valence-corrected chi connectivity index (χ4v) is 3.37. The minimum absolute atomic E-state index is 0.00500. The fraction of sp³-hybridized carbons (Fsp3) is 0.263. The van der Waals surface area contributed by atoms with Crippen LogP contribution in [-0.2, 0) is 0 Å². The molecule has 26 heavy (non-hydrogen) atoms. The van der Waals surface area contributed by atoms with Gasteiger partial charge in [0.25, 0.3) is 0 Å².